The third-order valence-electron chi connectivity index (χ3n) is 2.25. The molecule has 0 fully saturated rings. The largest absolute Gasteiger partial charge is 0.394 e. The van der Waals surface area contributed by atoms with Crippen molar-refractivity contribution in [2.45, 2.75) is 13.0 Å². The van der Waals surface area contributed by atoms with Gasteiger partial charge in [-0.05, 0) is 22.9 Å². The molecule has 0 aliphatic rings. The van der Waals surface area contributed by atoms with Crippen LogP contribution in [0.3, 0.4) is 0 Å². The number of rotatable bonds is 4. The minimum atomic E-state index is -0.542. The van der Waals surface area contributed by atoms with Gasteiger partial charge in [0.1, 0.15) is 0 Å². The highest BCUT2D eigenvalue weighted by atomic mass is 16.6. The Kier molecular flexibility index (Phi) is 3.56. The number of nitro groups is 1. The lowest BCUT2D eigenvalue weighted by molar-refractivity contribution is -0.389. The van der Waals surface area contributed by atoms with Crippen LogP contribution in [0.25, 0.3) is 0 Å². The van der Waals surface area contributed by atoms with E-state index in [0.29, 0.717) is 0 Å². The van der Waals surface area contributed by atoms with Gasteiger partial charge in [-0.3, -0.25) is 0 Å². The quantitative estimate of drug-likeness (QED) is 0.588. The highest BCUT2D eigenvalue weighted by Gasteiger charge is 2.12. The summed E-state index contributed by atoms with van der Waals surface area (Å²) >= 11 is 0. The maximum Gasteiger partial charge on any atom is 0.363 e. The second kappa shape index (κ2) is 4.70. The Labute approximate surface area is 87.3 Å². The fourth-order valence-electron chi connectivity index (χ4n) is 1.07. The summed E-state index contributed by atoms with van der Waals surface area (Å²) in [5.41, 5.74) is 0.738. The van der Waals surface area contributed by atoms with Crippen molar-refractivity contribution in [3.63, 3.8) is 0 Å². The van der Waals surface area contributed by atoms with Gasteiger partial charge in [-0.1, -0.05) is 0 Å². The van der Waals surface area contributed by atoms with Crippen LogP contribution in [0.4, 0.5) is 11.5 Å². The van der Waals surface area contributed by atoms with E-state index in [-0.39, 0.29) is 18.5 Å². The van der Waals surface area contributed by atoms with Crippen LogP contribution in [0.2, 0.25) is 0 Å². The lowest BCUT2D eigenvalue weighted by Crippen LogP contribution is -2.31. The molecule has 0 spiro atoms. The standard InChI is InChI=1S/C9H13N3O3/c1-7(6-13)11(2)8-3-4-9(10-5-8)12(14)15/h3-5,7,13H,6H2,1-2H3/t7-/m1/s1. The van der Waals surface area contributed by atoms with E-state index in [1.165, 1.54) is 12.3 Å². The first-order valence-corrected chi connectivity index (χ1v) is 4.50. The van der Waals surface area contributed by atoms with Gasteiger partial charge in [0, 0.05) is 19.2 Å². The number of aliphatic hydroxyl groups excluding tert-OH is 1. The number of pyridine rings is 1. The Hall–Kier alpha value is -1.69. The number of hydrogen-bond acceptors (Lipinski definition) is 5. The molecule has 0 saturated heterocycles. The molecule has 0 amide bonds. The number of anilines is 1. The molecular formula is C9H13N3O3. The van der Waals surface area contributed by atoms with E-state index in [1.807, 2.05) is 6.92 Å². The van der Waals surface area contributed by atoms with Gasteiger partial charge in [-0.2, -0.15) is 0 Å². The molecule has 1 aromatic heterocycles. The molecule has 1 N–H and O–H groups in total. The molecule has 0 aromatic carbocycles. The number of hydrogen-bond donors (Lipinski definition) is 1. The Balaban J connectivity index is 2.84. The highest BCUT2D eigenvalue weighted by Crippen LogP contribution is 2.16. The number of likely N-dealkylation sites (N-methyl/N-ethyl adjacent to an activating group) is 1. The predicted molar refractivity (Wildman–Crippen MR) is 55.8 cm³/mol. The lowest BCUT2D eigenvalue weighted by Gasteiger charge is -2.23. The van der Waals surface area contributed by atoms with E-state index in [9.17, 15) is 10.1 Å². The van der Waals surface area contributed by atoms with Gasteiger partial charge in [0.25, 0.3) is 0 Å². The molecule has 6 nitrogen and oxygen atoms in total. The third kappa shape index (κ3) is 2.63. The van der Waals surface area contributed by atoms with Gasteiger partial charge in [-0.25, -0.2) is 0 Å². The Morgan fingerprint density at radius 1 is 1.67 bits per heavy atom. The molecule has 0 unspecified atom stereocenters. The first kappa shape index (κ1) is 11.4. The normalized spacial score (nSPS) is 12.2. The SMILES string of the molecule is C[C@H](CO)N(C)c1ccc([N+](=O)[O-])nc1. The summed E-state index contributed by atoms with van der Waals surface area (Å²) in [6.07, 6.45) is 1.42. The third-order valence-corrected chi connectivity index (χ3v) is 2.25. The molecule has 1 rings (SSSR count). The average Bonchev–Trinajstić information content (AvgIpc) is 2.27. The van der Waals surface area contributed by atoms with Crippen LogP contribution in [0.1, 0.15) is 6.92 Å². The van der Waals surface area contributed by atoms with Gasteiger partial charge >= 0.3 is 5.82 Å². The molecule has 15 heavy (non-hydrogen) atoms. The molecule has 0 aliphatic heterocycles. The van der Waals surface area contributed by atoms with Crippen LogP contribution in [0.15, 0.2) is 18.3 Å². The van der Waals surface area contributed by atoms with Crippen LogP contribution < -0.4 is 4.90 Å². The van der Waals surface area contributed by atoms with Crippen molar-refractivity contribution in [3.05, 3.63) is 28.4 Å². The van der Waals surface area contributed by atoms with E-state index in [4.69, 9.17) is 5.11 Å². The Morgan fingerprint density at radius 2 is 2.33 bits per heavy atom. The van der Waals surface area contributed by atoms with E-state index < -0.39 is 4.92 Å². The molecule has 6 heteroatoms. The van der Waals surface area contributed by atoms with E-state index in [2.05, 4.69) is 4.98 Å². The Bertz CT molecular complexity index is 339. The average molecular weight is 211 g/mol. The molecular weight excluding hydrogens is 198 g/mol. The maximum atomic E-state index is 10.4. The second-order valence-corrected chi connectivity index (χ2v) is 3.27. The number of aliphatic hydroxyl groups is 1. The van der Waals surface area contributed by atoms with Crippen molar-refractivity contribution in [2.24, 2.45) is 0 Å². The minimum absolute atomic E-state index is 0.0213. The molecule has 0 aliphatic carbocycles. The second-order valence-electron chi connectivity index (χ2n) is 3.27. The van der Waals surface area contributed by atoms with Crippen molar-refractivity contribution in [1.82, 2.24) is 4.98 Å². The highest BCUT2D eigenvalue weighted by molar-refractivity contribution is 5.46. The molecule has 1 heterocycles. The van der Waals surface area contributed by atoms with E-state index in [0.717, 1.165) is 5.69 Å². The molecule has 1 atom stereocenters. The minimum Gasteiger partial charge on any atom is -0.394 e. The maximum absolute atomic E-state index is 10.4. The molecule has 0 saturated carbocycles. The van der Waals surface area contributed by atoms with Gasteiger partial charge in [0.2, 0.25) is 0 Å². The zero-order chi connectivity index (χ0) is 11.4. The summed E-state index contributed by atoms with van der Waals surface area (Å²) in [5, 5.41) is 19.3. The summed E-state index contributed by atoms with van der Waals surface area (Å²) in [6.45, 7) is 1.87. The fraction of sp³-hybridized carbons (Fsp3) is 0.444. The summed E-state index contributed by atoms with van der Waals surface area (Å²) in [4.78, 5) is 15.3. The van der Waals surface area contributed by atoms with Gasteiger partial charge in [-0.15, -0.1) is 0 Å². The zero-order valence-electron chi connectivity index (χ0n) is 8.62. The summed E-state index contributed by atoms with van der Waals surface area (Å²) in [7, 11) is 1.80. The molecule has 1 aromatic rings. The lowest BCUT2D eigenvalue weighted by atomic mass is 10.3. The molecule has 82 valence electrons. The summed E-state index contributed by atoms with van der Waals surface area (Å²) < 4.78 is 0. The first-order chi connectivity index (χ1) is 7.06. The van der Waals surface area contributed by atoms with E-state index >= 15 is 0 Å². The summed E-state index contributed by atoms with van der Waals surface area (Å²) in [5.74, 6) is -0.177. The monoisotopic (exact) mass is 211 g/mol. The van der Waals surface area contributed by atoms with Crippen LogP contribution in [-0.2, 0) is 0 Å². The van der Waals surface area contributed by atoms with Crippen molar-refractivity contribution in [2.75, 3.05) is 18.6 Å². The molecule has 0 bridgehead atoms. The van der Waals surface area contributed by atoms with Crippen LogP contribution in [0, 0.1) is 10.1 Å². The number of aromatic nitrogens is 1. The topological polar surface area (TPSA) is 79.5 Å². The van der Waals surface area contributed by atoms with Crippen molar-refractivity contribution in [3.8, 4) is 0 Å². The number of nitrogens with zero attached hydrogens (tertiary/aromatic N) is 3. The smallest absolute Gasteiger partial charge is 0.363 e. The van der Waals surface area contributed by atoms with Gasteiger partial charge in [0.15, 0.2) is 6.20 Å². The van der Waals surface area contributed by atoms with Crippen LogP contribution in [0.5, 0.6) is 0 Å². The summed E-state index contributed by atoms with van der Waals surface area (Å²) in [6, 6.07) is 2.90. The molecule has 0 radical (unpaired) electrons. The Morgan fingerprint density at radius 3 is 2.73 bits per heavy atom. The van der Waals surface area contributed by atoms with Gasteiger partial charge < -0.3 is 20.1 Å². The fourth-order valence-corrected chi connectivity index (χ4v) is 1.07. The zero-order valence-corrected chi connectivity index (χ0v) is 8.62. The van der Waals surface area contributed by atoms with Crippen molar-refractivity contribution < 1.29 is 10.0 Å². The predicted octanol–water partition coefficient (Wildman–Crippen LogP) is 0.807. The van der Waals surface area contributed by atoms with Gasteiger partial charge in [0.05, 0.1) is 12.3 Å². The van der Waals surface area contributed by atoms with Crippen molar-refractivity contribution in [1.29, 1.82) is 0 Å². The van der Waals surface area contributed by atoms with E-state index in [1.54, 1.807) is 18.0 Å². The van der Waals surface area contributed by atoms with Crippen LogP contribution >= 0.6 is 0 Å². The van der Waals surface area contributed by atoms with Crippen LogP contribution in [-0.4, -0.2) is 34.7 Å². The van der Waals surface area contributed by atoms with Crippen molar-refractivity contribution >= 4 is 11.5 Å². The first-order valence-electron chi connectivity index (χ1n) is 4.50.